The summed E-state index contributed by atoms with van der Waals surface area (Å²) >= 11 is 0. The van der Waals surface area contributed by atoms with Gasteiger partial charge in [0.05, 0.1) is 7.11 Å². The Morgan fingerprint density at radius 3 is 2.83 bits per heavy atom. The number of anilines is 1. The van der Waals surface area contributed by atoms with Gasteiger partial charge >= 0.3 is 0 Å². The molecule has 2 N–H and O–H groups in total. The van der Waals surface area contributed by atoms with Gasteiger partial charge in [0.1, 0.15) is 0 Å². The molecule has 1 rings (SSSR count). The second kappa shape index (κ2) is 6.90. The van der Waals surface area contributed by atoms with Gasteiger partial charge in [-0.1, -0.05) is 6.92 Å². The summed E-state index contributed by atoms with van der Waals surface area (Å²) in [4.78, 5) is 19.9. The highest BCUT2D eigenvalue weighted by atomic mass is 16.5. The van der Waals surface area contributed by atoms with E-state index in [-0.39, 0.29) is 17.9 Å². The molecule has 6 heteroatoms. The summed E-state index contributed by atoms with van der Waals surface area (Å²) in [7, 11) is 1.53. The number of carbonyl (C=O) groups is 1. The molecule has 0 aliphatic heterocycles. The first-order chi connectivity index (χ1) is 8.55. The molecule has 18 heavy (non-hydrogen) atoms. The summed E-state index contributed by atoms with van der Waals surface area (Å²) in [5.41, 5.74) is 0.747. The Hall–Kier alpha value is -1.69. The molecule has 0 saturated heterocycles. The van der Waals surface area contributed by atoms with Gasteiger partial charge in [0.25, 0.3) is 0 Å². The predicted octanol–water partition coefficient (Wildman–Crippen LogP) is 1.12. The van der Waals surface area contributed by atoms with Crippen LogP contribution in [0.25, 0.3) is 0 Å². The molecular formula is C12H20N4O2. The Labute approximate surface area is 107 Å². The lowest BCUT2D eigenvalue weighted by atomic mass is 10.2. The van der Waals surface area contributed by atoms with Crippen molar-refractivity contribution < 1.29 is 9.53 Å². The van der Waals surface area contributed by atoms with Crippen molar-refractivity contribution in [2.45, 2.75) is 33.2 Å². The zero-order chi connectivity index (χ0) is 13.5. The average molecular weight is 252 g/mol. The molecule has 0 radical (unpaired) electrons. The van der Waals surface area contributed by atoms with Crippen LogP contribution in [-0.4, -0.2) is 35.6 Å². The topological polar surface area (TPSA) is 76.1 Å². The quantitative estimate of drug-likeness (QED) is 0.793. The second-order valence-corrected chi connectivity index (χ2v) is 4.09. The van der Waals surface area contributed by atoms with Gasteiger partial charge in [-0.2, -0.15) is 4.98 Å². The van der Waals surface area contributed by atoms with Crippen LogP contribution in [-0.2, 0) is 4.79 Å². The smallest absolute Gasteiger partial charge is 0.232 e. The minimum atomic E-state index is -0.115. The third-order valence-corrected chi connectivity index (χ3v) is 2.34. The first-order valence-electron chi connectivity index (χ1n) is 5.98. The van der Waals surface area contributed by atoms with Crippen LogP contribution in [0.4, 0.5) is 5.95 Å². The molecule has 0 saturated carbocycles. The van der Waals surface area contributed by atoms with Crippen LogP contribution in [0, 0.1) is 6.92 Å². The molecule has 0 bridgehead atoms. The number of amides is 1. The molecule has 1 heterocycles. The number of methoxy groups -OCH3 is 1. The lowest BCUT2D eigenvalue weighted by Crippen LogP contribution is -2.30. The van der Waals surface area contributed by atoms with Crippen molar-refractivity contribution >= 4 is 11.9 Å². The molecule has 1 atom stereocenters. The van der Waals surface area contributed by atoms with Crippen molar-refractivity contribution in [3.05, 3.63) is 11.8 Å². The van der Waals surface area contributed by atoms with Crippen molar-refractivity contribution in [2.75, 3.05) is 19.0 Å². The fraction of sp³-hybridized carbons (Fsp3) is 0.583. The Bertz CT molecular complexity index is 409. The lowest BCUT2D eigenvalue weighted by molar-refractivity contribution is -0.116. The summed E-state index contributed by atoms with van der Waals surface area (Å²) in [6, 6.07) is 1.83. The molecule has 0 fully saturated rings. The van der Waals surface area contributed by atoms with Gasteiger partial charge in [0.15, 0.2) is 0 Å². The van der Waals surface area contributed by atoms with Crippen LogP contribution in [0.3, 0.4) is 0 Å². The van der Waals surface area contributed by atoms with E-state index in [4.69, 9.17) is 4.74 Å². The highest BCUT2D eigenvalue weighted by Crippen LogP contribution is 2.11. The Morgan fingerprint density at radius 2 is 2.22 bits per heavy atom. The highest BCUT2D eigenvalue weighted by Gasteiger charge is 2.10. The third-order valence-electron chi connectivity index (χ3n) is 2.34. The summed E-state index contributed by atoms with van der Waals surface area (Å²) < 4.78 is 5.02. The largest absolute Gasteiger partial charge is 0.481 e. The third kappa shape index (κ3) is 4.67. The van der Waals surface area contributed by atoms with E-state index in [1.807, 2.05) is 20.8 Å². The number of rotatable bonds is 6. The molecule has 0 aliphatic carbocycles. The van der Waals surface area contributed by atoms with E-state index in [1.165, 1.54) is 7.11 Å². The van der Waals surface area contributed by atoms with E-state index >= 15 is 0 Å². The number of aryl methyl sites for hydroxylation is 1. The summed E-state index contributed by atoms with van der Waals surface area (Å²) in [6.07, 6.45) is 0.382. The number of nitrogens with one attached hydrogen (secondary N) is 2. The molecule has 0 aromatic carbocycles. The van der Waals surface area contributed by atoms with Gasteiger partial charge in [-0.05, 0) is 20.4 Å². The fourth-order valence-electron chi connectivity index (χ4n) is 1.57. The maximum atomic E-state index is 11.7. The zero-order valence-corrected chi connectivity index (χ0v) is 11.3. The van der Waals surface area contributed by atoms with Crippen LogP contribution >= 0.6 is 0 Å². The fourth-order valence-corrected chi connectivity index (χ4v) is 1.57. The van der Waals surface area contributed by atoms with Crippen molar-refractivity contribution in [1.29, 1.82) is 0 Å². The van der Waals surface area contributed by atoms with Gasteiger partial charge < -0.3 is 10.1 Å². The van der Waals surface area contributed by atoms with Gasteiger partial charge in [-0.3, -0.25) is 10.1 Å². The SMILES string of the molecule is CCNC(C)CC(=O)Nc1nc(C)cc(OC)n1. The van der Waals surface area contributed by atoms with Gasteiger partial charge in [-0.25, -0.2) is 4.98 Å². The van der Waals surface area contributed by atoms with Crippen LogP contribution in [0.1, 0.15) is 26.0 Å². The predicted molar refractivity (Wildman–Crippen MR) is 69.7 cm³/mol. The van der Waals surface area contributed by atoms with Crippen molar-refractivity contribution in [2.24, 2.45) is 0 Å². The molecule has 100 valence electrons. The van der Waals surface area contributed by atoms with Gasteiger partial charge in [0, 0.05) is 24.2 Å². The van der Waals surface area contributed by atoms with Crippen LogP contribution in [0.5, 0.6) is 5.88 Å². The van der Waals surface area contributed by atoms with E-state index in [0.29, 0.717) is 12.3 Å². The minimum Gasteiger partial charge on any atom is -0.481 e. The summed E-state index contributed by atoms with van der Waals surface area (Å²) in [5, 5.41) is 5.84. The molecule has 0 aliphatic rings. The maximum Gasteiger partial charge on any atom is 0.232 e. The van der Waals surface area contributed by atoms with Crippen LogP contribution in [0.15, 0.2) is 6.07 Å². The van der Waals surface area contributed by atoms with Crippen molar-refractivity contribution in [3.63, 3.8) is 0 Å². The Morgan fingerprint density at radius 1 is 1.50 bits per heavy atom. The van der Waals surface area contributed by atoms with E-state index in [2.05, 4.69) is 20.6 Å². The number of carbonyl (C=O) groups excluding carboxylic acids is 1. The van der Waals surface area contributed by atoms with E-state index in [9.17, 15) is 4.79 Å². The Balaban J connectivity index is 2.61. The Kier molecular flexibility index (Phi) is 5.51. The molecular weight excluding hydrogens is 232 g/mol. The standard InChI is InChI=1S/C12H20N4O2/c1-5-13-8(2)6-10(17)15-12-14-9(3)7-11(16-12)18-4/h7-8,13H,5-6H2,1-4H3,(H,14,15,16,17). The number of aromatic nitrogens is 2. The summed E-state index contributed by atoms with van der Waals surface area (Å²) in [6.45, 7) is 6.62. The molecule has 1 amide bonds. The lowest BCUT2D eigenvalue weighted by Gasteiger charge is -2.11. The average Bonchev–Trinajstić information content (AvgIpc) is 2.27. The first-order valence-corrected chi connectivity index (χ1v) is 5.98. The van der Waals surface area contributed by atoms with Crippen molar-refractivity contribution in [1.82, 2.24) is 15.3 Å². The highest BCUT2D eigenvalue weighted by molar-refractivity contribution is 5.89. The van der Waals surface area contributed by atoms with E-state index in [0.717, 1.165) is 12.2 Å². The molecule has 0 spiro atoms. The number of hydrogen-bond donors (Lipinski definition) is 2. The molecule has 1 unspecified atom stereocenters. The minimum absolute atomic E-state index is 0.115. The normalized spacial score (nSPS) is 12.0. The van der Waals surface area contributed by atoms with E-state index < -0.39 is 0 Å². The van der Waals surface area contributed by atoms with Crippen LogP contribution < -0.4 is 15.4 Å². The van der Waals surface area contributed by atoms with E-state index in [1.54, 1.807) is 6.07 Å². The van der Waals surface area contributed by atoms with Gasteiger partial charge in [0.2, 0.25) is 17.7 Å². The number of ether oxygens (including phenoxy) is 1. The second-order valence-electron chi connectivity index (χ2n) is 4.09. The van der Waals surface area contributed by atoms with Crippen LogP contribution in [0.2, 0.25) is 0 Å². The number of nitrogens with zero attached hydrogens (tertiary/aromatic N) is 2. The van der Waals surface area contributed by atoms with Gasteiger partial charge in [-0.15, -0.1) is 0 Å². The molecule has 6 nitrogen and oxygen atoms in total. The number of hydrogen-bond acceptors (Lipinski definition) is 5. The first kappa shape index (κ1) is 14.4. The molecule has 1 aromatic rings. The molecule has 1 aromatic heterocycles. The monoisotopic (exact) mass is 252 g/mol. The zero-order valence-electron chi connectivity index (χ0n) is 11.3. The maximum absolute atomic E-state index is 11.7. The van der Waals surface area contributed by atoms with Crippen molar-refractivity contribution in [3.8, 4) is 5.88 Å². The summed E-state index contributed by atoms with van der Waals surface area (Å²) in [5.74, 6) is 0.606.